The molecule has 0 aliphatic heterocycles. The van der Waals surface area contributed by atoms with Crippen molar-refractivity contribution in [3.05, 3.63) is 45.9 Å². The number of ketones is 1. The van der Waals surface area contributed by atoms with Gasteiger partial charge in [-0.05, 0) is 26.0 Å². The maximum absolute atomic E-state index is 11.7. The lowest BCUT2D eigenvalue weighted by molar-refractivity contribution is -0.120. The lowest BCUT2D eigenvalue weighted by Crippen LogP contribution is -2.13. The minimum Gasteiger partial charge on any atom is -0.486 e. The summed E-state index contributed by atoms with van der Waals surface area (Å²) in [5, 5.41) is 0.867. The highest BCUT2D eigenvalue weighted by Gasteiger charge is 2.09. The number of ether oxygens (including phenoxy) is 1. The van der Waals surface area contributed by atoms with Gasteiger partial charge in [0.15, 0.2) is 5.78 Å². The molecular weight excluding hydrogens is 246 g/mol. The molecule has 2 rings (SSSR count). The average molecular weight is 261 g/mol. The van der Waals surface area contributed by atoms with E-state index in [2.05, 4.69) is 4.98 Å². The van der Waals surface area contributed by atoms with Crippen LogP contribution in [0.25, 0.3) is 0 Å². The third-order valence-electron chi connectivity index (χ3n) is 2.56. The summed E-state index contributed by atoms with van der Waals surface area (Å²) in [7, 11) is 0. The molecule has 0 bridgehead atoms. The fourth-order valence-corrected chi connectivity index (χ4v) is 2.48. The number of aryl methyl sites for hydroxylation is 2. The summed E-state index contributed by atoms with van der Waals surface area (Å²) in [6, 6.07) is 9.35. The molecule has 0 atom stereocenters. The second kappa shape index (κ2) is 5.78. The summed E-state index contributed by atoms with van der Waals surface area (Å²) >= 11 is 1.58. The first-order chi connectivity index (χ1) is 8.65. The Morgan fingerprint density at radius 2 is 2.00 bits per heavy atom. The van der Waals surface area contributed by atoms with Gasteiger partial charge >= 0.3 is 0 Å². The number of aromatic nitrogens is 1. The largest absolute Gasteiger partial charge is 0.486 e. The Hall–Kier alpha value is -1.68. The van der Waals surface area contributed by atoms with Gasteiger partial charge in [0.25, 0.3) is 0 Å². The lowest BCUT2D eigenvalue weighted by atomic mass is 10.3. The van der Waals surface area contributed by atoms with Crippen molar-refractivity contribution in [3.63, 3.8) is 0 Å². The summed E-state index contributed by atoms with van der Waals surface area (Å²) in [6.07, 6.45) is 0.353. The number of hydrogen-bond donors (Lipinski definition) is 0. The first kappa shape index (κ1) is 12.8. The molecule has 3 nitrogen and oxygen atoms in total. The van der Waals surface area contributed by atoms with Crippen LogP contribution in [0.1, 0.15) is 15.6 Å². The number of para-hydroxylation sites is 1. The van der Waals surface area contributed by atoms with Crippen LogP contribution >= 0.6 is 11.3 Å². The predicted molar refractivity (Wildman–Crippen MR) is 72.2 cm³/mol. The van der Waals surface area contributed by atoms with Crippen molar-refractivity contribution in [1.29, 1.82) is 0 Å². The van der Waals surface area contributed by atoms with E-state index in [1.54, 1.807) is 11.3 Å². The molecule has 18 heavy (non-hydrogen) atoms. The minimum absolute atomic E-state index is 0.0487. The van der Waals surface area contributed by atoms with Gasteiger partial charge in [-0.1, -0.05) is 18.2 Å². The summed E-state index contributed by atoms with van der Waals surface area (Å²) in [5.74, 6) is 0.768. The van der Waals surface area contributed by atoms with Crippen LogP contribution in [-0.2, 0) is 11.2 Å². The standard InChI is InChI=1S/C14H15NO2S/c1-10-11(2)18-14(15-10)8-12(16)9-17-13-6-4-3-5-7-13/h3-7H,8-9H2,1-2H3. The zero-order valence-corrected chi connectivity index (χ0v) is 11.3. The first-order valence-corrected chi connectivity index (χ1v) is 6.59. The summed E-state index contributed by atoms with van der Waals surface area (Å²) < 4.78 is 5.40. The van der Waals surface area contributed by atoms with Crippen molar-refractivity contribution >= 4 is 17.1 Å². The topological polar surface area (TPSA) is 39.2 Å². The first-order valence-electron chi connectivity index (χ1n) is 5.77. The van der Waals surface area contributed by atoms with Gasteiger partial charge in [0.05, 0.1) is 12.1 Å². The van der Waals surface area contributed by atoms with E-state index in [9.17, 15) is 4.79 Å². The molecular formula is C14H15NO2S. The maximum atomic E-state index is 11.7. The van der Waals surface area contributed by atoms with Gasteiger partial charge in [-0.3, -0.25) is 4.79 Å². The van der Waals surface area contributed by atoms with Gasteiger partial charge in [0.1, 0.15) is 17.4 Å². The summed E-state index contributed by atoms with van der Waals surface area (Å²) in [4.78, 5) is 17.3. The Kier molecular flexibility index (Phi) is 4.10. The minimum atomic E-state index is 0.0487. The fraction of sp³-hybridized carbons (Fsp3) is 0.286. The van der Waals surface area contributed by atoms with Crippen LogP contribution in [-0.4, -0.2) is 17.4 Å². The van der Waals surface area contributed by atoms with E-state index < -0.39 is 0 Å². The second-order valence-corrected chi connectivity index (χ2v) is 5.35. The van der Waals surface area contributed by atoms with Crippen LogP contribution in [0.4, 0.5) is 0 Å². The second-order valence-electron chi connectivity index (χ2n) is 4.07. The normalized spacial score (nSPS) is 10.3. The van der Waals surface area contributed by atoms with E-state index >= 15 is 0 Å². The van der Waals surface area contributed by atoms with Gasteiger partial charge in [0, 0.05) is 4.88 Å². The molecule has 4 heteroatoms. The Labute approximate surface area is 110 Å². The molecule has 0 fully saturated rings. The summed E-state index contributed by atoms with van der Waals surface area (Å²) in [6.45, 7) is 4.07. The van der Waals surface area contributed by atoms with Gasteiger partial charge in [-0.15, -0.1) is 11.3 Å². The number of rotatable bonds is 5. The van der Waals surface area contributed by atoms with Crippen molar-refractivity contribution in [2.75, 3.05) is 6.61 Å². The molecule has 0 spiro atoms. The van der Waals surface area contributed by atoms with Crippen molar-refractivity contribution in [3.8, 4) is 5.75 Å². The Morgan fingerprint density at radius 1 is 1.28 bits per heavy atom. The van der Waals surface area contributed by atoms with Crippen LogP contribution < -0.4 is 4.74 Å². The van der Waals surface area contributed by atoms with E-state index in [1.807, 2.05) is 44.2 Å². The highest BCUT2D eigenvalue weighted by atomic mass is 32.1. The molecule has 0 N–H and O–H groups in total. The number of thiazole rings is 1. The molecule has 0 saturated heterocycles. The maximum Gasteiger partial charge on any atom is 0.176 e. The SMILES string of the molecule is Cc1nc(CC(=O)COc2ccccc2)sc1C. The van der Waals surface area contributed by atoms with E-state index in [0.29, 0.717) is 6.42 Å². The fourth-order valence-electron chi connectivity index (χ4n) is 1.52. The van der Waals surface area contributed by atoms with Gasteiger partial charge in [-0.2, -0.15) is 0 Å². The molecule has 0 saturated carbocycles. The molecule has 0 aliphatic rings. The van der Waals surface area contributed by atoms with Crippen LogP contribution in [0, 0.1) is 13.8 Å². The molecule has 0 radical (unpaired) electrons. The van der Waals surface area contributed by atoms with Crippen molar-refractivity contribution < 1.29 is 9.53 Å². The molecule has 0 unspecified atom stereocenters. The van der Waals surface area contributed by atoms with Crippen LogP contribution in [0.5, 0.6) is 5.75 Å². The third kappa shape index (κ3) is 3.40. The zero-order chi connectivity index (χ0) is 13.0. The van der Waals surface area contributed by atoms with E-state index in [-0.39, 0.29) is 12.4 Å². The zero-order valence-electron chi connectivity index (χ0n) is 10.5. The van der Waals surface area contributed by atoms with Crippen LogP contribution in [0.3, 0.4) is 0 Å². The molecule has 94 valence electrons. The van der Waals surface area contributed by atoms with Gasteiger partial charge in [0.2, 0.25) is 0 Å². The average Bonchev–Trinajstić information content (AvgIpc) is 2.67. The van der Waals surface area contributed by atoms with Gasteiger partial charge in [-0.25, -0.2) is 4.98 Å². The van der Waals surface area contributed by atoms with Crippen molar-refractivity contribution in [2.24, 2.45) is 0 Å². The van der Waals surface area contributed by atoms with E-state index in [4.69, 9.17) is 4.74 Å². The molecule has 1 aromatic heterocycles. The number of carbonyl (C=O) groups excluding carboxylic acids is 1. The molecule has 1 aromatic carbocycles. The number of nitrogens with zero attached hydrogens (tertiary/aromatic N) is 1. The molecule has 0 aliphatic carbocycles. The lowest BCUT2D eigenvalue weighted by Gasteiger charge is -2.03. The quantitative estimate of drug-likeness (QED) is 0.830. The number of Topliss-reactive ketones (excluding diaryl/α,β-unsaturated/α-hetero) is 1. The third-order valence-corrected chi connectivity index (χ3v) is 3.64. The monoisotopic (exact) mass is 261 g/mol. The molecule has 0 amide bonds. The highest BCUT2D eigenvalue weighted by Crippen LogP contribution is 2.17. The Morgan fingerprint density at radius 3 is 2.61 bits per heavy atom. The predicted octanol–water partition coefficient (Wildman–Crippen LogP) is 2.95. The van der Waals surface area contributed by atoms with Crippen LogP contribution in [0.15, 0.2) is 30.3 Å². The smallest absolute Gasteiger partial charge is 0.176 e. The molecule has 2 aromatic rings. The van der Waals surface area contributed by atoms with Crippen LogP contribution in [0.2, 0.25) is 0 Å². The number of carbonyl (C=O) groups is 1. The highest BCUT2D eigenvalue weighted by molar-refractivity contribution is 7.11. The van der Waals surface area contributed by atoms with Crippen molar-refractivity contribution in [1.82, 2.24) is 4.98 Å². The Balaban J connectivity index is 1.86. The molecule has 1 heterocycles. The number of hydrogen-bond acceptors (Lipinski definition) is 4. The van der Waals surface area contributed by atoms with Gasteiger partial charge < -0.3 is 4.74 Å². The Bertz CT molecular complexity index is 514. The number of benzene rings is 1. The van der Waals surface area contributed by atoms with E-state index in [1.165, 1.54) is 4.88 Å². The van der Waals surface area contributed by atoms with E-state index in [0.717, 1.165) is 16.5 Å². The van der Waals surface area contributed by atoms with Crippen molar-refractivity contribution in [2.45, 2.75) is 20.3 Å². The summed E-state index contributed by atoms with van der Waals surface area (Å²) in [5.41, 5.74) is 1.01.